The lowest BCUT2D eigenvalue weighted by atomic mass is 10.1. The molecule has 0 unspecified atom stereocenters. The number of esters is 1. The quantitative estimate of drug-likeness (QED) is 0.540. The minimum Gasteiger partial charge on any atom is -0.465 e. The lowest BCUT2D eigenvalue weighted by Crippen LogP contribution is -2.30. The van der Waals surface area contributed by atoms with Crippen LogP contribution in [0.4, 0.5) is 9.59 Å². The summed E-state index contributed by atoms with van der Waals surface area (Å²) >= 11 is 0. The molecule has 0 aromatic carbocycles. The normalized spacial score (nSPS) is 19.8. The van der Waals surface area contributed by atoms with Crippen LogP contribution in [0.3, 0.4) is 0 Å². The molecule has 0 aliphatic carbocycles. The van der Waals surface area contributed by atoms with Crippen molar-refractivity contribution in [3.8, 4) is 0 Å². The smallest absolute Gasteiger partial charge is 0.410 e. The fourth-order valence-corrected chi connectivity index (χ4v) is 1.74. The van der Waals surface area contributed by atoms with Crippen molar-refractivity contribution < 1.29 is 23.9 Å². The number of hydrogen-bond acceptors (Lipinski definition) is 6. The van der Waals surface area contributed by atoms with E-state index in [2.05, 4.69) is 5.10 Å². The number of carbonyl (C=O) groups excluding carboxylic acids is 3. The summed E-state index contributed by atoms with van der Waals surface area (Å²) < 4.78 is 9.76. The van der Waals surface area contributed by atoms with E-state index >= 15 is 0 Å². The fourth-order valence-electron chi connectivity index (χ4n) is 1.74. The van der Waals surface area contributed by atoms with Gasteiger partial charge < -0.3 is 20.1 Å². The molecule has 1 heterocycles. The number of carbonyl (C=O) groups is 3. The van der Waals surface area contributed by atoms with Gasteiger partial charge in [-0.1, -0.05) is 0 Å². The Labute approximate surface area is 116 Å². The van der Waals surface area contributed by atoms with Crippen LogP contribution in [0.1, 0.15) is 13.8 Å². The van der Waals surface area contributed by atoms with Crippen molar-refractivity contribution in [1.82, 2.24) is 10.3 Å². The molecule has 1 aliphatic heterocycles. The largest absolute Gasteiger partial charge is 0.465 e. The monoisotopic (exact) mass is 286 g/mol. The van der Waals surface area contributed by atoms with E-state index in [1.54, 1.807) is 13.8 Å². The molecule has 0 saturated carbocycles. The Kier molecular flexibility index (Phi) is 5.75. The second-order valence-electron chi connectivity index (χ2n) is 3.96. The predicted octanol–water partition coefficient (Wildman–Crippen LogP) is -0.338. The fraction of sp³-hybridized carbons (Fsp3) is 0.636. The molecule has 1 aliphatic rings. The SMILES string of the molecule is CCOC(=O)[C@@H]1CN(C(=O)OCC)C/C1=N\NC(N)=O. The number of likely N-dealkylation sites (tertiary alicyclic amines) is 1. The summed E-state index contributed by atoms with van der Waals surface area (Å²) in [6.45, 7) is 3.96. The second-order valence-corrected chi connectivity index (χ2v) is 3.96. The molecule has 1 fully saturated rings. The maximum Gasteiger partial charge on any atom is 0.410 e. The van der Waals surface area contributed by atoms with Gasteiger partial charge in [-0.15, -0.1) is 0 Å². The van der Waals surface area contributed by atoms with E-state index in [1.165, 1.54) is 4.90 Å². The number of urea groups is 1. The van der Waals surface area contributed by atoms with E-state index in [0.717, 1.165) is 0 Å². The van der Waals surface area contributed by atoms with E-state index < -0.39 is 24.0 Å². The topological polar surface area (TPSA) is 123 Å². The molecule has 3 amide bonds. The number of hydrogen-bond donors (Lipinski definition) is 2. The molecule has 20 heavy (non-hydrogen) atoms. The van der Waals surface area contributed by atoms with Crippen LogP contribution < -0.4 is 11.2 Å². The molecule has 112 valence electrons. The molecule has 0 bridgehead atoms. The number of primary amides is 1. The molecular formula is C11H18N4O5. The average molecular weight is 286 g/mol. The molecule has 0 aromatic heterocycles. The molecule has 0 radical (unpaired) electrons. The Morgan fingerprint density at radius 3 is 2.55 bits per heavy atom. The molecule has 9 heteroatoms. The van der Waals surface area contributed by atoms with Gasteiger partial charge in [0.25, 0.3) is 0 Å². The first kappa shape index (κ1) is 15.7. The van der Waals surface area contributed by atoms with Crippen molar-refractivity contribution in [2.75, 3.05) is 26.3 Å². The lowest BCUT2D eigenvalue weighted by Gasteiger charge is -2.14. The first-order valence-corrected chi connectivity index (χ1v) is 6.19. The molecule has 3 N–H and O–H groups in total. The van der Waals surface area contributed by atoms with Crippen LogP contribution in [-0.2, 0) is 14.3 Å². The highest BCUT2D eigenvalue weighted by molar-refractivity contribution is 6.06. The summed E-state index contributed by atoms with van der Waals surface area (Å²) in [5, 5.41) is 3.74. The number of amides is 3. The summed E-state index contributed by atoms with van der Waals surface area (Å²) in [4.78, 5) is 35.4. The molecule has 1 saturated heterocycles. The number of hydrazone groups is 1. The molecule has 0 spiro atoms. The maximum absolute atomic E-state index is 11.8. The number of nitrogens with zero attached hydrogens (tertiary/aromatic N) is 2. The minimum atomic E-state index is -0.852. The molecular weight excluding hydrogens is 268 g/mol. The standard InChI is InChI=1S/C11H18N4O5/c1-3-19-9(16)7-5-15(11(18)20-4-2)6-8(7)13-14-10(12)17/h7H,3-6H2,1-2H3,(H3,12,14,17)/b13-8+/t7-/m1/s1. The van der Waals surface area contributed by atoms with Gasteiger partial charge in [-0.25, -0.2) is 15.0 Å². The van der Waals surface area contributed by atoms with Crippen molar-refractivity contribution in [2.24, 2.45) is 16.8 Å². The minimum absolute atomic E-state index is 0.0720. The lowest BCUT2D eigenvalue weighted by molar-refractivity contribution is -0.145. The number of nitrogens with two attached hydrogens (primary N) is 1. The van der Waals surface area contributed by atoms with E-state index in [-0.39, 0.29) is 26.3 Å². The van der Waals surface area contributed by atoms with Gasteiger partial charge >= 0.3 is 18.1 Å². The van der Waals surface area contributed by atoms with Crippen molar-refractivity contribution in [1.29, 1.82) is 0 Å². The van der Waals surface area contributed by atoms with Gasteiger partial charge in [0.05, 0.1) is 25.5 Å². The zero-order valence-electron chi connectivity index (χ0n) is 11.4. The van der Waals surface area contributed by atoms with Gasteiger partial charge in [0.1, 0.15) is 5.92 Å². The maximum atomic E-state index is 11.8. The van der Waals surface area contributed by atoms with Crippen LogP contribution in [0.2, 0.25) is 0 Å². The summed E-state index contributed by atoms with van der Waals surface area (Å²) in [7, 11) is 0. The Morgan fingerprint density at radius 1 is 1.35 bits per heavy atom. The zero-order chi connectivity index (χ0) is 15.1. The van der Waals surface area contributed by atoms with Crippen LogP contribution in [0, 0.1) is 5.92 Å². The van der Waals surface area contributed by atoms with Crippen LogP contribution >= 0.6 is 0 Å². The second kappa shape index (κ2) is 7.31. The number of nitrogens with one attached hydrogen (secondary N) is 1. The highest BCUT2D eigenvalue weighted by Gasteiger charge is 2.38. The van der Waals surface area contributed by atoms with Crippen LogP contribution in [0.25, 0.3) is 0 Å². The summed E-state index contributed by atoms with van der Waals surface area (Å²) in [5.41, 5.74) is 7.26. The Morgan fingerprint density at radius 2 is 2.00 bits per heavy atom. The van der Waals surface area contributed by atoms with Gasteiger partial charge in [-0.05, 0) is 13.8 Å². The van der Waals surface area contributed by atoms with Gasteiger partial charge in [0.15, 0.2) is 0 Å². The van der Waals surface area contributed by atoms with Gasteiger partial charge in [-0.3, -0.25) is 4.79 Å². The molecule has 1 atom stereocenters. The van der Waals surface area contributed by atoms with Crippen molar-refractivity contribution in [3.63, 3.8) is 0 Å². The zero-order valence-corrected chi connectivity index (χ0v) is 11.4. The average Bonchev–Trinajstić information content (AvgIpc) is 2.81. The third kappa shape index (κ3) is 4.11. The van der Waals surface area contributed by atoms with Gasteiger partial charge in [0, 0.05) is 6.54 Å². The first-order valence-electron chi connectivity index (χ1n) is 6.19. The number of ether oxygens (including phenoxy) is 2. The van der Waals surface area contributed by atoms with Crippen molar-refractivity contribution in [3.05, 3.63) is 0 Å². The number of rotatable bonds is 4. The Hall–Kier alpha value is -2.32. The summed E-state index contributed by atoms with van der Waals surface area (Å²) in [6, 6.07) is -0.852. The molecule has 0 aromatic rings. The first-order chi connectivity index (χ1) is 9.49. The molecule has 1 rings (SSSR count). The summed E-state index contributed by atoms with van der Waals surface area (Å²) in [5.74, 6) is -1.24. The van der Waals surface area contributed by atoms with E-state index in [0.29, 0.717) is 5.71 Å². The van der Waals surface area contributed by atoms with E-state index in [1.807, 2.05) is 5.43 Å². The third-order valence-electron chi connectivity index (χ3n) is 2.56. The Balaban J connectivity index is 2.82. The summed E-state index contributed by atoms with van der Waals surface area (Å²) in [6.07, 6.45) is -0.550. The van der Waals surface area contributed by atoms with Crippen LogP contribution in [0.15, 0.2) is 5.10 Å². The van der Waals surface area contributed by atoms with E-state index in [9.17, 15) is 14.4 Å². The van der Waals surface area contributed by atoms with Crippen LogP contribution in [-0.4, -0.2) is 55.0 Å². The van der Waals surface area contributed by atoms with Crippen molar-refractivity contribution >= 4 is 23.8 Å². The Bertz CT molecular complexity index is 423. The van der Waals surface area contributed by atoms with Crippen molar-refractivity contribution in [2.45, 2.75) is 13.8 Å². The van der Waals surface area contributed by atoms with Crippen LogP contribution in [0.5, 0.6) is 0 Å². The highest BCUT2D eigenvalue weighted by atomic mass is 16.6. The van der Waals surface area contributed by atoms with Gasteiger partial charge in [-0.2, -0.15) is 5.10 Å². The molecule has 9 nitrogen and oxygen atoms in total. The van der Waals surface area contributed by atoms with Gasteiger partial charge in [0.2, 0.25) is 0 Å². The highest BCUT2D eigenvalue weighted by Crippen LogP contribution is 2.16. The predicted molar refractivity (Wildman–Crippen MR) is 68.9 cm³/mol. The van der Waals surface area contributed by atoms with E-state index in [4.69, 9.17) is 15.2 Å². The third-order valence-corrected chi connectivity index (χ3v) is 2.56.